The summed E-state index contributed by atoms with van der Waals surface area (Å²) in [5.74, 6) is 0.505. The molecule has 0 amide bonds. The highest BCUT2D eigenvalue weighted by Crippen LogP contribution is 2.48. The van der Waals surface area contributed by atoms with E-state index in [0.29, 0.717) is 24.3 Å². The van der Waals surface area contributed by atoms with E-state index in [0.717, 1.165) is 44.3 Å². The highest BCUT2D eigenvalue weighted by Gasteiger charge is 2.45. The summed E-state index contributed by atoms with van der Waals surface area (Å²) in [6.07, 6.45) is 5.45. The van der Waals surface area contributed by atoms with Crippen molar-refractivity contribution in [3.05, 3.63) is 23.8 Å². The standard InChI is InChI=1S/C19H27NO4/c1-20-12-6-7-14(13-20)24-16-9-5-8-15(17(16)23-2)19(18(21)22)10-3-4-11-19/h5,8-9,14H,3-4,6-7,10-13H2,1-2H3,(H,21,22). The van der Waals surface area contributed by atoms with E-state index in [9.17, 15) is 9.90 Å². The Hall–Kier alpha value is -1.75. The molecule has 2 aliphatic rings. The van der Waals surface area contributed by atoms with Crippen LogP contribution in [0.4, 0.5) is 0 Å². The van der Waals surface area contributed by atoms with Crippen LogP contribution in [0.5, 0.6) is 11.5 Å². The first-order valence-electron chi connectivity index (χ1n) is 8.83. The van der Waals surface area contributed by atoms with Gasteiger partial charge in [0, 0.05) is 12.1 Å². The van der Waals surface area contributed by atoms with Gasteiger partial charge in [-0.15, -0.1) is 0 Å². The molecule has 3 rings (SSSR count). The van der Waals surface area contributed by atoms with Crippen molar-refractivity contribution in [1.82, 2.24) is 4.90 Å². The Labute approximate surface area is 143 Å². The van der Waals surface area contributed by atoms with Crippen molar-refractivity contribution >= 4 is 5.97 Å². The van der Waals surface area contributed by atoms with Gasteiger partial charge in [0.05, 0.1) is 12.5 Å². The van der Waals surface area contributed by atoms with Gasteiger partial charge >= 0.3 is 5.97 Å². The maximum atomic E-state index is 12.0. The van der Waals surface area contributed by atoms with Gasteiger partial charge in [-0.3, -0.25) is 4.79 Å². The second kappa shape index (κ2) is 7.01. The maximum Gasteiger partial charge on any atom is 0.314 e. The molecule has 1 aliphatic heterocycles. The molecule has 132 valence electrons. The number of rotatable bonds is 5. The van der Waals surface area contributed by atoms with Crippen LogP contribution in [0.1, 0.15) is 44.1 Å². The number of ether oxygens (including phenoxy) is 2. The van der Waals surface area contributed by atoms with Gasteiger partial charge in [-0.1, -0.05) is 25.0 Å². The van der Waals surface area contributed by atoms with Gasteiger partial charge in [0.25, 0.3) is 0 Å². The molecule has 1 saturated carbocycles. The van der Waals surface area contributed by atoms with Gasteiger partial charge in [-0.05, 0) is 45.3 Å². The Morgan fingerprint density at radius 3 is 2.67 bits per heavy atom. The molecule has 0 radical (unpaired) electrons. The van der Waals surface area contributed by atoms with E-state index >= 15 is 0 Å². The molecule has 1 aliphatic carbocycles. The predicted octanol–water partition coefficient (Wildman–Crippen LogP) is 3.06. The molecule has 1 atom stereocenters. The fraction of sp³-hybridized carbons (Fsp3) is 0.632. The molecule has 1 N–H and O–H groups in total. The number of piperidine rings is 1. The van der Waals surface area contributed by atoms with E-state index in [1.54, 1.807) is 7.11 Å². The lowest BCUT2D eigenvalue weighted by Gasteiger charge is -2.32. The number of aliphatic carboxylic acids is 1. The summed E-state index contributed by atoms with van der Waals surface area (Å²) < 4.78 is 11.8. The number of carboxylic acid groups (broad SMARTS) is 1. The number of likely N-dealkylation sites (N-methyl/N-ethyl adjacent to an activating group) is 1. The number of carboxylic acids is 1. The van der Waals surface area contributed by atoms with Crippen LogP contribution in [0.3, 0.4) is 0 Å². The SMILES string of the molecule is COc1c(OC2CCCN(C)C2)cccc1C1(C(=O)O)CCCC1. The lowest BCUT2D eigenvalue weighted by molar-refractivity contribution is -0.143. The first-order chi connectivity index (χ1) is 11.6. The number of likely N-dealkylation sites (tertiary alicyclic amines) is 1. The van der Waals surface area contributed by atoms with Crippen molar-refractivity contribution in [3.8, 4) is 11.5 Å². The first-order valence-corrected chi connectivity index (χ1v) is 8.83. The molecule has 0 aromatic heterocycles. The highest BCUT2D eigenvalue weighted by molar-refractivity contribution is 5.83. The zero-order valence-electron chi connectivity index (χ0n) is 14.6. The van der Waals surface area contributed by atoms with Crippen molar-refractivity contribution in [2.24, 2.45) is 0 Å². The fourth-order valence-electron chi connectivity index (χ4n) is 4.17. The Balaban J connectivity index is 1.93. The number of methoxy groups -OCH3 is 1. The minimum Gasteiger partial charge on any atom is -0.493 e. The molecular formula is C19H27NO4. The van der Waals surface area contributed by atoms with Gasteiger partial charge in [0.15, 0.2) is 11.5 Å². The lowest BCUT2D eigenvalue weighted by atomic mass is 9.78. The lowest BCUT2D eigenvalue weighted by Crippen LogP contribution is -2.38. The Morgan fingerprint density at radius 1 is 1.29 bits per heavy atom. The number of hydrogen-bond donors (Lipinski definition) is 1. The molecule has 1 unspecified atom stereocenters. The summed E-state index contributed by atoms with van der Waals surface area (Å²) >= 11 is 0. The predicted molar refractivity (Wildman–Crippen MR) is 91.9 cm³/mol. The van der Waals surface area contributed by atoms with Gasteiger partial charge in [0.1, 0.15) is 6.10 Å². The summed E-state index contributed by atoms with van der Waals surface area (Å²) in [5.41, 5.74) is -0.0784. The van der Waals surface area contributed by atoms with Crippen molar-refractivity contribution in [2.45, 2.75) is 50.0 Å². The minimum atomic E-state index is -0.839. The molecule has 5 heteroatoms. The third kappa shape index (κ3) is 3.09. The molecule has 1 heterocycles. The van der Waals surface area contributed by atoms with Crippen LogP contribution in [0.25, 0.3) is 0 Å². The van der Waals surface area contributed by atoms with Crippen molar-refractivity contribution in [3.63, 3.8) is 0 Å². The molecule has 1 aromatic rings. The molecule has 1 saturated heterocycles. The highest BCUT2D eigenvalue weighted by atomic mass is 16.5. The molecule has 5 nitrogen and oxygen atoms in total. The number of para-hydroxylation sites is 1. The van der Waals surface area contributed by atoms with Crippen LogP contribution < -0.4 is 9.47 Å². The van der Waals surface area contributed by atoms with Gasteiger partial charge in [-0.25, -0.2) is 0 Å². The Bertz CT molecular complexity index is 595. The van der Waals surface area contributed by atoms with Crippen LogP contribution in [0, 0.1) is 0 Å². The molecule has 2 fully saturated rings. The minimum absolute atomic E-state index is 0.122. The van der Waals surface area contributed by atoms with E-state index in [4.69, 9.17) is 9.47 Å². The van der Waals surface area contributed by atoms with E-state index in [-0.39, 0.29) is 6.10 Å². The van der Waals surface area contributed by atoms with Crippen LogP contribution >= 0.6 is 0 Å². The van der Waals surface area contributed by atoms with Crippen molar-refractivity contribution in [1.29, 1.82) is 0 Å². The monoisotopic (exact) mass is 333 g/mol. The van der Waals surface area contributed by atoms with E-state index in [1.165, 1.54) is 0 Å². The smallest absolute Gasteiger partial charge is 0.314 e. The maximum absolute atomic E-state index is 12.0. The van der Waals surface area contributed by atoms with Crippen molar-refractivity contribution in [2.75, 3.05) is 27.2 Å². The molecule has 24 heavy (non-hydrogen) atoms. The number of hydrogen-bond acceptors (Lipinski definition) is 4. The average Bonchev–Trinajstić information content (AvgIpc) is 3.05. The van der Waals surface area contributed by atoms with E-state index < -0.39 is 11.4 Å². The second-order valence-electron chi connectivity index (χ2n) is 7.08. The number of nitrogens with zero attached hydrogens (tertiary/aromatic N) is 1. The summed E-state index contributed by atoms with van der Waals surface area (Å²) in [6.45, 7) is 1.98. The van der Waals surface area contributed by atoms with Crippen LogP contribution in [-0.4, -0.2) is 49.3 Å². The zero-order chi connectivity index (χ0) is 17.2. The zero-order valence-corrected chi connectivity index (χ0v) is 14.6. The van der Waals surface area contributed by atoms with Crippen molar-refractivity contribution < 1.29 is 19.4 Å². The topological polar surface area (TPSA) is 59.0 Å². The van der Waals surface area contributed by atoms with Crippen LogP contribution in [-0.2, 0) is 10.2 Å². The van der Waals surface area contributed by atoms with E-state index in [1.807, 2.05) is 18.2 Å². The third-order valence-electron chi connectivity index (χ3n) is 5.44. The first kappa shape index (κ1) is 17.1. The third-order valence-corrected chi connectivity index (χ3v) is 5.44. The summed E-state index contributed by atoms with van der Waals surface area (Å²) in [4.78, 5) is 14.3. The van der Waals surface area contributed by atoms with Gasteiger partial charge in [0.2, 0.25) is 0 Å². The Kier molecular flexibility index (Phi) is 4.99. The fourth-order valence-corrected chi connectivity index (χ4v) is 4.17. The van der Waals surface area contributed by atoms with Gasteiger partial charge in [-0.2, -0.15) is 0 Å². The van der Waals surface area contributed by atoms with Gasteiger partial charge < -0.3 is 19.5 Å². The summed E-state index contributed by atoms with van der Waals surface area (Å²) in [6, 6.07) is 5.67. The number of benzene rings is 1. The molecule has 1 aromatic carbocycles. The average molecular weight is 333 g/mol. The summed E-state index contributed by atoms with van der Waals surface area (Å²) in [5, 5.41) is 9.88. The second-order valence-corrected chi connectivity index (χ2v) is 7.08. The van der Waals surface area contributed by atoms with Crippen LogP contribution in [0.15, 0.2) is 18.2 Å². The quantitative estimate of drug-likeness (QED) is 0.897. The van der Waals surface area contributed by atoms with E-state index in [2.05, 4.69) is 11.9 Å². The number of carbonyl (C=O) groups is 1. The molecule has 0 spiro atoms. The van der Waals surface area contributed by atoms with Crippen LogP contribution in [0.2, 0.25) is 0 Å². The Morgan fingerprint density at radius 2 is 2.04 bits per heavy atom. The normalized spacial score (nSPS) is 23.8. The largest absolute Gasteiger partial charge is 0.493 e. The summed E-state index contributed by atoms with van der Waals surface area (Å²) in [7, 11) is 3.70. The molecule has 0 bridgehead atoms. The molecular weight excluding hydrogens is 306 g/mol.